The largest absolute Gasteiger partial charge is 0.484 e. The number of primary amides is 1. The lowest BCUT2D eigenvalue weighted by molar-refractivity contribution is -0.123. The van der Waals surface area contributed by atoms with Gasteiger partial charge in [-0.25, -0.2) is 18.2 Å². The van der Waals surface area contributed by atoms with Crippen molar-refractivity contribution in [3.8, 4) is 5.75 Å². The molecule has 3 rings (SSSR count). The van der Waals surface area contributed by atoms with Crippen LogP contribution in [0.3, 0.4) is 0 Å². The number of ether oxygens (including phenoxy) is 1. The molecular weight excluding hydrogens is 533 g/mol. The molecule has 2 amide bonds. The van der Waals surface area contributed by atoms with E-state index >= 15 is 0 Å². The predicted molar refractivity (Wildman–Crippen MR) is 141 cm³/mol. The number of halogens is 4. The first-order valence-corrected chi connectivity index (χ1v) is 11.9. The summed E-state index contributed by atoms with van der Waals surface area (Å²) in [5, 5.41) is 2.94. The van der Waals surface area contributed by atoms with E-state index in [0.29, 0.717) is 11.3 Å². The number of hydrogen-bond acceptors (Lipinski definition) is 5. The Labute approximate surface area is 227 Å². The number of carbonyl (C=O) groups excluding carboxylic acids is 2. The van der Waals surface area contributed by atoms with Crippen LogP contribution in [0.15, 0.2) is 85.0 Å². The highest BCUT2D eigenvalue weighted by atomic mass is 35.5. The number of pyridine rings is 2. The Kier molecular flexibility index (Phi) is 9.99. The highest BCUT2D eigenvalue weighted by Gasteiger charge is 2.22. The number of nitrogens with one attached hydrogen (secondary N) is 1. The number of nitrogens with zero attached hydrogens (tertiary/aromatic N) is 2. The summed E-state index contributed by atoms with van der Waals surface area (Å²) in [6, 6.07) is 8.20. The Hall–Kier alpha value is -4.44. The summed E-state index contributed by atoms with van der Waals surface area (Å²) in [4.78, 5) is 32.9. The molecule has 0 spiro atoms. The van der Waals surface area contributed by atoms with Gasteiger partial charge in [-0.1, -0.05) is 30.3 Å². The second kappa shape index (κ2) is 13.4. The standard InChI is InChI=1S/C28H24ClF3N4O3/c1-3-18(12-23(16(2)30)28(33)38)22-5-4-7-35-27(22)24(11-17-9-19(31)13-20(32)10-17)36-26(37)15-39-21-6-8-34-25(29)14-21/h3-10,12-14,24H,1,11,15H2,2H3,(H2,33,38)(H,36,37). The molecule has 1 atom stereocenters. The van der Waals surface area contributed by atoms with Gasteiger partial charge in [0.15, 0.2) is 6.61 Å². The van der Waals surface area contributed by atoms with E-state index in [0.717, 1.165) is 25.1 Å². The number of carbonyl (C=O) groups is 2. The van der Waals surface area contributed by atoms with E-state index in [1.165, 1.54) is 36.7 Å². The van der Waals surface area contributed by atoms with Gasteiger partial charge in [-0.05, 0) is 54.8 Å². The average Bonchev–Trinajstić information content (AvgIpc) is 2.87. The molecule has 2 aromatic heterocycles. The molecule has 7 nitrogen and oxygen atoms in total. The maximum absolute atomic E-state index is 14.0. The number of rotatable bonds is 11. The van der Waals surface area contributed by atoms with Gasteiger partial charge in [0.25, 0.3) is 11.8 Å². The van der Waals surface area contributed by atoms with Crippen LogP contribution in [0, 0.1) is 11.6 Å². The zero-order valence-electron chi connectivity index (χ0n) is 20.8. The van der Waals surface area contributed by atoms with Gasteiger partial charge in [-0.2, -0.15) is 0 Å². The van der Waals surface area contributed by atoms with Crippen molar-refractivity contribution in [2.24, 2.45) is 5.73 Å². The van der Waals surface area contributed by atoms with Crippen LogP contribution in [0.2, 0.25) is 5.15 Å². The van der Waals surface area contributed by atoms with Crippen molar-refractivity contribution in [2.75, 3.05) is 6.61 Å². The molecule has 2 heterocycles. The molecule has 11 heteroatoms. The molecule has 0 saturated heterocycles. The van der Waals surface area contributed by atoms with Crippen LogP contribution in [0.1, 0.15) is 29.8 Å². The fraction of sp³-hybridized carbons (Fsp3) is 0.143. The highest BCUT2D eigenvalue weighted by Crippen LogP contribution is 2.28. The lowest BCUT2D eigenvalue weighted by Crippen LogP contribution is -2.34. The fourth-order valence-corrected chi connectivity index (χ4v) is 3.89. The molecular formula is C28H24ClF3N4O3. The quantitative estimate of drug-likeness (QED) is 0.192. The third-order valence-electron chi connectivity index (χ3n) is 5.40. The van der Waals surface area contributed by atoms with Crippen LogP contribution >= 0.6 is 11.6 Å². The van der Waals surface area contributed by atoms with Crippen LogP contribution in [-0.4, -0.2) is 28.4 Å². The zero-order valence-corrected chi connectivity index (χ0v) is 21.5. The molecule has 3 N–H and O–H groups in total. The topological polar surface area (TPSA) is 107 Å². The summed E-state index contributed by atoms with van der Waals surface area (Å²) in [5.41, 5.74) is 6.08. The lowest BCUT2D eigenvalue weighted by Gasteiger charge is -2.22. The van der Waals surface area contributed by atoms with Gasteiger partial charge in [0.05, 0.1) is 17.3 Å². The summed E-state index contributed by atoms with van der Waals surface area (Å²) in [6.07, 6.45) is 5.36. The average molecular weight is 557 g/mol. The van der Waals surface area contributed by atoms with E-state index in [1.54, 1.807) is 12.1 Å². The number of amides is 2. The Bertz CT molecular complexity index is 1440. The zero-order chi connectivity index (χ0) is 28.5. The van der Waals surface area contributed by atoms with Crippen molar-refractivity contribution in [3.05, 3.63) is 119 Å². The maximum atomic E-state index is 14.0. The summed E-state index contributed by atoms with van der Waals surface area (Å²) in [6.45, 7) is 4.39. The van der Waals surface area contributed by atoms with Crippen LogP contribution in [0.5, 0.6) is 5.75 Å². The van der Waals surface area contributed by atoms with Crippen molar-refractivity contribution in [2.45, 2.75) is 19.4 Å². The molecule has 0 fully saturated rings. The van der Waals surface area contributed by atoms with Crippen molar-refractivity contribution >= 4 is 29.0 Å². The molecule has 3 aromatic rings. The molecule has 0 aliphatic rings. The van der Waals surface area contributed by atoms with Crippen molar-refractivity contribution in [3.63, 3.8) is 0 Å². The van der Waals surface area contributed by atoms with E-state index < -0.39 is 41.9 Å². The summed E-state index contributed by atoms with van der Waals surface area (Å²) in [5.74, 6) is -3.67. The van der Waals surface area contributed by atoms with Crippen molar-refractivity contribution in [1.82, 2.24) is 15.3 Å². The predicted octanol–water partition coefficient (Wildman–Crippen LogP) is 5.19. The normalized spacial score (nSPS) is 12.8. The van der Waals surface area contributed by atoms with E-state index in [2.05, 4.69) is 21.9 Å². The molecule has 0 saturated carbocycles. The Balaban J connectivity index is 2.01. The lowest BCUT2D eigenvalue weighted by atomic mass is 9.94. The number of aromatic nitrogens is 2. The van der Waals surface area contributed by atoms with Gasteiger partial charge in [-0.15, -0.1) is 0 Å². The SMILES string of the molecule is C=CC(=CC(C(N)=O)=C(C)F)c1cccnc1C(Cc1cc(F)cc(F)c1)NC(=O)COc1ccnc(Cl)c1. The minimum Gasteiger partial charge on any atom is -0.484 e. The third kappa shape index (κ3) is 8.27. The Morgan fingerprint density at radius 1 is 1.15 bits per heavy atom. The number of hydrogen-bond donors (Lipinski definition) is 2. The van der Waals surface area contributed by atoms with Crippen LogP contribution in [-0.2, 0) is 16.0 Å². The van der Waals surface area contributed by atoms with Crippen molar-refractivity contribution in [1.29, 1.82) is 0 Å². The van der Waals surface area contributed by atoms with Crippen LogP contribution in [0.4, 0.5) is 13.2 Å². The van der Waals surface area contributed by atoms with Gasteiger partial charge in [0.2, 0.25) is 0 Å². The minimum atomic E-state index is -0.992. The van der Waals surface area contributed by atoms with E-state index in [-0.39, 0.29) is 34.0 Å². The number of allylic oxidation sites excluding steroid dienone is 3. The second-order valence-electron chi connectivity index (χ2n) is 8.26. The first-order valence-electron chi connectivity index (χ1n) is 11.5. The van der Waals surface area contributed by atoms with Crippen LogP contribution < -0.4 is 15.8 Å². The molecule has 0 bridgehead atoms. The van der Waals surface area contributed by atoms with Crippen molar-refractivity contribution < 1.29 is 27.5 Å². The van der Waals surface area contributed by atoms with Gasteiger partial charge in [0.1, 0.15) is 28.4 Å². The summed E-state index contributed by atoms with van der Waals surface area (Å²) in [7, 11) is 0. The van der Waals surface area contributed by atoms with Gasteiger partial charge < -0.3 is 15.8 Å². The molecule has 39 heavy (non-hydrogen) atoms. The van der Waals surface area contributed by atoms with E-state index in [1.807, 2.05) is 0 Å². The first kappa shape index (κ1) is 29.1. The minimum absolute atomic E-state index is 0.0728. The molecule has 0 aliphatic carbocycles. The first-order chi connectivity index (χ1) is 18.6. The third-order valence-corrected chi connectivity index (χ3v) is 5.61. The maximum Gasteiger partial charge on any atom is 0.258 e. The van der Waals surface area contributed by atoms with Gasteiger partial charge in [0, 0.05) is 30.1 Å². The van der Waals surface area contributed by atoms with Gasteiger partial charge >= 0.3 is 0 Å². The fourth-order valence-electron chi connectivity index (χ4n) is 3.72. The Morgan fingerprint density at radius 2 is 1.87 bits per heavy atom. The molecule has 0 radical (unpaired) electrons. The second-order valence-corrected chi connectivity index (χ2v) is 8.64. The van der Waals surface area contributed by atoms with Crippen LogP contribution in [0.25, 0.3) is 5.57 Å². The molecule has 1 unspecified atom stereocenters. The molecule has 0 aliphatic heterocycles. The monoisotopic (exact) mass is 556 g/mol. The number of nitrogens with two attached hydrogens (primary N) is 1. The van der Waals surface area contributed by atoms with Gasteiger partial charge in [-0.3, -0.25) is 14.6 Å². The summed E-state index contributed by atoms with van der Waals surface area (Å²) < 4.78 is 47.4. The molecule has 1 aromatic carbocycles. The van der Waals surface area contributed by atoms with E-state index in [4.69, 9.17) is 22.1 Å². The van der Waals surface area contributed by atoms with E-state index in [9.17, 15) is 22.8 Å². The number of benzene rings is 1. The smallest absolute Gasteiger partial charge is 0.258 e. The Morgan fingerprint density at radius 3 is 2.49 bits per heavy atom. The highest BCUT2D eigenvalue weighted by molar-refractivity contribution is 6.29. The molecule has 202 valence electrons. The summed E-state index contributed by atoms with van der Waals surface area (Å²) >= 11 is 5.85.